The van der Waals surface area contributed by atoms with E-state index in [0.717, 1.165) is 44.9 Å². The molecule has 1 aliphatic rings. The summed E-state index contributed by atoms with van der Waals surface area (Å²) in [5.74, 6) is -0.178. The van der Waals surface area contributed by atoms with Gasteiger partial charge in [-0.05, 0) is 51.4 Å². The molecule has 0 aromatic heterocycles. The van der Waals surface area contributed by atoms with E-state index in [1.807, 2.05) is 6.08 Å². The summed E-state index contributed by atoms with van der Waals surface area (Å²) in [4.78, 5) is 13.1. The topological polar surface area (TPSA) is 149 Å². The minimum absolute atomic E-state index is 0.178. The zero-order valence-electron chi connectivity index (χ0n) is 46.5. The Morgan fingerprint density at radius 2 is 0.831 bits per heavy atom. The molecule has 1 fully saturated rings. The quantitative estimate of drug-likeness (QED) is 0.0261. The molecule has 1 saturated heterocycles. The van der Waals surface area contributed by atoms with Crippen molar-refractivity contribution in [2.75, 3.05) is 13.2 Å². The fourth-order valence-electron chi connectivity index (χ4n) is 9.84. The fourth-order valence-corrected chi connectivity index (χ4v) is 9.84. The highest BCUT2D eigenvalue weighted by Crippen LogP contribution is 2.23. The Kier molecular flexibility index (Phi) is 49.3. The molecular weight excluding hydrogens is 887 g/mol. The minimum Gasteiger partial charge on any atom is -0.394 e. The van der Waals surface area contributed by atoms with Gasteiger partial charge in [0.2, 0.25) is 5.91 Å². The maximum Gasteiger partial charge on any atom is 0.220 e. The molecule has 0 aromatic carbocycles. The first-order chi connectivity index (χ1) is 34.8. The molecule has 418 valence electrons. The second-order valence-electron chi connectivity index (χ2n) is 21.5. The SMILES string of the molecule is CCCCCCC/C=C\C/C=C\CCCCCCCCCCCC(=O)NC(COC1OC(CO)C(O)C(O)C1O)C(O)/C=C/CCCCCCCCCCCCCCCCCCCCCCCCCCC. The molecule has 1 rings (SSSR count). The summed E-state index contributed by atoms with van der Waals surface area (Å²) in [5, 5.41) is 54.6. The lowest BCUT2D eigenvalue weighted by molar-refractivity contribution is -0.302. The van der Waals surface area contributed by atoms with Crippen molar-refractivity contribution < 1.29 is 39.8 Å². The van der Waals surface area contributed by atoms with Crippen molar-refractivity contribution in [2.24, 2.45) is 0 Å². The summed E-state index contributed by atoms with van der Waals surface area (Å²) >= 11 is 0. The summed E-state index contributed by atoms with van der Waals surface area (Å²) in [6.45, 7) is 3.80. The Morgan fingerprint density at radius 3 is 1.21 bits per heavy atom. The molecule has 7 unspecified atom stereocenters. The molecule has 0 radical (unpaired) electrons. The molecule has 1 aliphatic heterocycles. The predicted octanol–water partition coefficient (Wildman–Crippen LogP) is 15.5. The predicted molar refractivity (Wildman–Crippen MR) is 300 cm³/mol. The van der Waals surface area contributed by atoms with Crippen LogP contribution in [0, 0.1) is 0 Å². The van der Waals surface area contributed by atoms with Gasteiger partial charge in [0.05, 0.1) is 25.4 Å². The first-order valence-corrected chi connectivity index (χ1v) is 30.7. The third kappa shape index (κ3) is 41.4. The van der Waals surface area contributed by atoms with E-state index in [1.165, 1.54) is 231 Å². The Labute approximate surface area is 438 Å². The van der Waals surface area contributed by atoms with Gasteiger partial charge < -0.3 is 40.3 Å². The number of unbranched alkanes of at least 4 members (excludes halogenated alkanes) is 39. The molecule has 0 aliphatic carbocycles. The van der Waals surface area contributed by atoms with Gasteiger partial charge in [-0.15, -0.1) is 0 Å². The molecule has 0 spiro atoms. The van der Waals surface area contributed by atoms with Crippen LogP contribution in [0.4, 0.5) is 0 Å². The molecule has 0 saturated carbocycles. The second-order valence-corrected chi connectivity index (χ2v) is 21.5. The van der Waals surface area contributed by atoms with E-state index in [1.54, 1.807) is 6.08 Å². The third-order valence-electron chi connectivity index (χ3n) is 14.7. The zero-order chi connectivity index (χ0) is 51.5. The van der Waals surface area contributed by atoms with Crippen molar-refractivity contribution in [3.05, 3.63) is 36.5 Å². The molecule has 1 heterocycles. The van der Waals surface area contributed by atoms with Crippen LogP contribution in [0.5, 0.6) is 0 Å². The average molecular weight is 1000 g/mol. The molecule has 7 atom stereocenters. The number of aliphatic hydroxyl groups excluding tert-OH is 5. The maximum atomic E-state index is 13.1. The van der Waals surface area contributed by atoms with Gasteiger partial charge in [-0.25, -0.2) is 0 Å². The lowest BCUT2D eigenvalue weighted by atomic mass is 9.99. The lowest BCUT2D eigenvalue weighted by Gasteiger charge is -2.40. The Bertz CT molecular complexity index is 1210. The van der Waals surface area contributed by atoms with Crippen molar-refractivity contribution in [3.63, 3.8) is 0 Å². The van der Waals surface area contributed by atoms with Crippen LogP contribution in [0.2, 0.25) is 0 Å². The molecule has 9 heteroatoms. The van der Waals surface area contributed by atoms with Crippen molar-refractivity contribution in [2.45, 2.75) is 339 Å². The first-order valence-electron chi connectivity index (χ1n) is 30.7. The van der Waals surface area contributed by atoms with Crippen LogP contribution in [0.1, 0.15) is 296 Å². The standard InChI is InChI=1S/C62H117NO8/c1-3-5-7-9-11-13-15-17-19-21-23-25-26-27-28-29-30-32-33-35-37-39-41-43-45-47-49-51-56(65)55(54-70-62-61(69)60(68)59(67)57(53-64)71-62)63-58(66)52-50-48-46-44-42-40-38-36-34-31-24-22-20-18-16-14-12-10-8-6-4-2/h16,18,22,24,49,51,55-57,59-62,64-65,67-69H,3-15,17,19-21,23,25-48,50,52-54H2,1-2H3,(H,63,66)/b18-16-,24-22-,51-49+. The van der Waals surface area contributed by atoms with Crippen molar-refractivity contribution in [1.29, 1.82) is 0 Å². The van der Waals surface area contributed by atoms with Gasteiger partial charge in [-0.1, -0.05) is 275 Å². The van der Waals surface area contributed by atoms with E-state index in [0.29, 0.717) is 6.42 Å². The highest BCUT2D eigenvalue weighted by molar-refractivity contribution is 5.76. The number of carbonyl (C=O) groups is 1. The van der Waals surface area contributed by atoms with Crippen LogP contribution in [-0.4, -0.2) is 87.5 Å². The number of hydrogen-bond acceptors (Lipinski definition) is 8. The van der Waals surface area contributed by atoms with Crippen molar-refractivity contribution in [3.8, 4) is 0 Å². The van der Waals surface area contributed by atoms with Crippen LogP contribution < -0.4 is 5.32 Å². The van der Waals surface area contributed by atoms with E-state index in [9.17, 15) is 30.3 Å². The van der Waals surface area contributed by atoms with Gasteiger partial charge in [0.1, 0.15) is 24.4 Å². The summed E-state index contributed by atoms with van der Waals surface area (Å²) in [6.07, 6.45) is 60.7. The fraction of sp³-hybridized carbons (Fsp3) is 0.887. The van der Waals surface area contributed by atoms with E-state index < -0.39 is 49.5 Å². The highest BCUT2D eigenvalue weighted by atomic mass is 16.7. The van der Waals surface area contributed by atoms with E-state index in [-0.39, 0.29) is 12.5 Å². The molecule has 71 heavy (non-hydrogen) atoms. The van der Waals surface area contributed by atoms with Crippen LogP contribution >= 0.6 is 0 Å². The molecule has 6 N–H and O–H groups in total. The zero-order valence-corrected chi connectivity index (χ0v) is 46.5. The van der Waals surface area contributed by atoms with Crippen LogP contribution in [-0.2, 0) is 14.3 Å². The number of aliphatic hydroxyl groups is 5. The summed E-state index contributed by atoms with van der Waals surface area (Å²) in [7, 11) is 0. The molecule has 0 bridgehead atoms. The lowest BCUT2D eigenvalue weighted by Crippen LogP contribution is -2.60. The Hall–Kier alpha value is -1.59. The molecule has 9 nitrogen and oxygen atoms in total. The van der Waals surface area contributed by atoms with Crippen molar-refractivity contribution >= 4 is 5.91 Å². The average Bonchev–Trinajstić information content (AvgIpc) is 3.37. The smallest absolute Gasteiger partial charge is 0.220 e. The second kappa shape index (κ2) is 51.9. The van der Waals surface area contributed by atoms with E-state index >= 15 is 0 Å². The van der Waals surface area contributed by atoms with Crippen molar-refractivity contribution in [1.82, 2.24) is 5.32 Å². The Balaban J connectivity index is 2.20. The first kappa shape index (κ1) is 67.4. The highest BCUT2D eigenvalue weighted by Gasteiger charge is 2.44. The van der Waals surface area contributed by atoms with E-state index in [4.69, 9.17) is 9.47 Å². The van der Waals surface area contributed by atoms with Gasteiger partial charge in [-0.2, -0.15) is 0 Å². The minimum atomic E-state index is -1.57. The number of rotatable bonds is 53. The summed E-state index contributed by atoms with van der Waals surface area (Å²) in [6, 6.07) is -0.808. The third-order valence-corrected chi connectivity index (χ3v) is 14.7. The molecule has 0 aromatic rings. The van der Waals surface area contributed by atoms with Crippen LogP contribution in [0.3, 0.4) is 0 Å². The van der Waals surface area contributed by atoms with E-state index in [2.05, 4.69) is 43.5 Å². The number of amides is 1. The summed E-state index contributed by atoms with van der Waals surface area (Å²) in [5.41, 5.74) is 0. The largest absolute Gasteiger partial charge is 0.394 e. The van der Waals surface area contributed by atoms with Gasteiger partial charge in [0.15, 0.2) is 6.29 Å². The number of ether oxygens (including phenoxy) is 2. The monoisotopic (exact) mass is 1000 g/mol. The van der Waals surface area contributed by atoms with Gasteiger partial charge >= 0.3 is 0 Å². The van der Waals surface area contributed by atoms with Crippen LogP contribution in [0.15, 0.2) is 36.5 Å². The van der Waals surface area contributed by atoms with Gasteiger partial charge in [0, 0.05) is 6.42 Å². The number of allylic oxidation sites excluding steroid dienone is 5. The number of carbonyl (C=O) groups excluding carboxylic acids is 1. The molecular formula is C62H117NO8. The normalized spacial score (nSPS) is 19.5. The summed E-state index contributed by atoms with van der Waals surface area (Å²) < 4.78 is 11.3. The maximum absolute atomic E-state index is 13.1. The number of nitrogens with one attached hydrogen (secondary N) is 1. The van der Waals surface area contributed by atoms with Gasteiger partial charge in [-0.3, -0.25) is 4.79 Å². The number of hydrogen-bond donors (Lipinski definition) is 6. The molecule has 1 amide bonds. The van der Waals surface area contributed by atoms with Crippen LogP contribution in [0.25, 0.3) is 0 Å². The van der Waals surface area contributed by atoms with Gasteiger partial charge in [0.25, 0.3) is 0 Å². The Morgan fingerprint density at radius 1 is 0.479 bits per heavy atom.